The molecule has 1 N–H and O–H groups in total. The van der Waals surface area contributed by atoms with E-state index in [4.69, 9.17) is 0 Å². The molecule has 8 heteroatoms. The minimum Gasteiger partial charge on any atom is -0.467 e. The molecule has 0 aliphatic rings. The Morgan fingerprint density at radius 3 is 2.38 bits per heavy atom. The Balaban J connectivity index is 2.18. The van der Waals surface area contributed by atoms with Gasteiger partial charge in [0.2, 0.25) is 0 Å². The maximum Gasteiger partial charge on any atom is 0.416 e. The molecule has 2 aromatic carbocycles. The summed E-state index contributed by atoms with van der Waals surface area (Å²) in [4.78, 5) is 24.3. The van der Waals surface area contributed by atoms with E-state index in [2.05, 4.69) is 32.6 Å². The number of ether oxygens (including phenoxy) is 1. The molecule has 0 saturated carbocycles. The van der Waals surface area contributed by atoms with Crippen LogP contribution in [0.5, 0.6) is 0 Å². The van der Waals surface area contributed by atoms with Crippen molar-refractivity contribution in [1.82, 2.24) is 5.32 Å². The van der Waals surface area contributed by atoms with E-state index in [9.17, 15) is 22.8 Å². The van der Waals surface area contributed by atoms with E-state index in [-0.39, 0.29) is 12.0 Å². The lowest BCUT2D eigenvalue weighted by atomic mass is 10.0. The third-order valence-corrected chi connectivity index (χ3v) is 4.32. The number of halogens is 4. The first-order chi connectivity index (χ1) is 12.2. The Labute approximate surface area is 161 Å². The van der Waals surface area contributed by atoms with Crippen LogP contribution >= 0.6 is 22.6 Å². The van der Waals surface area contributed by atoms with Crippen LogP contribution in [0.15, 0.2) is 48.5 Å². The first-order valence-corrected chi connectivity index (χ1v) is 8.59. The van der Waals surface area contributed by atoms with Crippen molar-refractivity contribution in [3.8, 4) is 0 Å². The van der Waals surface area contributed by atoms with Crippen LogP contribution in [0.4, 0.5) is 13.2 Å². The molecule has 0 fully saturated rings. The van der Waals surface area contributed by atoms with E-state index in [1.165, 1.54) is 13.2 Å². The predicted molar refractivity (Wildman–Crippen MR) is 97.6 cm³/mol. The highest BCUT2D eigenvalue weighted by atomic mass is 127. The lowest BCUT2D eigenvalue weighted by Gasteiger charge is -2.17. The summed E-state index contributed by atoms with van der Waals surface area (Å²) in [5.74, 6) is -1.46. The van der Waals surface area contributed by atoms with Crippen molar-refractivity contribution in [2.45, 2.75) is 18.6 Å². The van der Waals surface area contributed by atoms with Crippen LogP contribution in [0.2, 0.25) is 0 Å². The maximum absolute atomic E-state index is 12.8. The summed E-state index contributed by atoms with van der Waals surface area (Å²) in [5, 5.41) is 2.44. The standard InChI is InChI=1S/C18H15F3INO3/c1-26-17(25)15(9-11-5-7-14(22)8-6-11)23-16(24)12-3-2-4-13(10-12)18(19,20)21/h2-8,10,15H,9H2,1H3,(H,23,24)/t15-/m1/s1. The van der Waals surface area contributed by atoms with Crippen LogP contribution in [0.3, 0.4) is 0 Å². The second kappa shape index (κ2) is 8.52. The molecule has 0 unspecified atom stereocenters. The molecule has 2 rings (SSSR count). The number of rotatable bonds is 5. The summed E-state index contributed by atoms with van der Waals surface area (Å²) in [6.45, 7) is 0. The summed E-state index contributed by atoms with van der Waals surface area (Å²) < 4.78 is 44.1. The lowest BCUT2D eigenvalue weighted by Crippen LogP contribution is -2.43. The zero-order chi connectivity index (χ0) is 19.3. The highest BCUT2D eigenvalue weighted by Gasteiger charge is 2.31. The van der Waals surface area contributed by atoms with Crippen LogP contribution < -0.4 is 5.32 Å². The monoisotopic (exact) mass is 477 g/mol. The summed E-state index contributed by atoms with van der Waals surface area (Å²) >= 11 is 2.13. The first kappa shape index (κ1) is 20.2. The number of benzene rings is 2. The van der Waals surface area contributed by atoms with Gasteiger partial charge in [-0.25, -0.2) is 4.79 Å². The summed E-state index contributed by atoms with van der Waals surface area (Å²) in [5.41, 5.74) is -0.334. The van der Waals surface area contributed by atoms with Gasteiger partial charge in [0.25, 0.3) is 5.91 Å². The van der Waals surface area contributed by atoms with Crippen molar-refractivity contribution in [2.24, 2.45) is 0 Å². The molecule has 0 radical (unpaired) electrons. The highest BCUT2D eigenvalue weighted by molar-refractivity contribution is 14.1. The molecule has 138 valence electrons. The number of esters is 1. The fourth-order valence-corrected chi connectivity index (χ4v) is 2.63. The van der Waals surface area contributed by atoms with Crippen molar-refractivity contribution in [3.05, 3.63) is 68.8 Å². The van der Waals surface area contributed by atoms with Gasteiger partial charge < -0.3 is 10.1 Å². The Morgan fingerprint density at radius 1 is 1.15 bits per heavy atom. The summed E-state index contributed by atoms with van der Waals surface area (Å²) in [6, 6.07) is 10.3. The number of hydrogen-bond acceptors (Lipinski definition) is 3. The molecule has 26 heavy (non-hydrogen) atoms. The van der Waals surface area contributed by atoms with E-state index < -0.39 is 29.7 Å². The topological polar surface area (TPSA) is 55.4 Å². The van der Waals surface area contributed by atoms with Crippen molar-refractivity contribution < 1.29 is 27.5 Å². The molecule has 1 atom stereocenters. The predicted octanol–water partition coefficient (Wildman–Crippen LogP) is 3.82. The summed E-state index contributed by atoms with van der Waals surface area (Å²) in [7, 11) is 1.18. The molecule has 0 aliphatic heterocycles. The van der Waals surface area contributed by atoms with Gasteiger partial charge in [-0.05, 0) is 58.5 Å². The number of amides is 1. The van der Waals surface area contributed by atoms with E-state index in [1.54, 1.807) is 12.1 Å². The molecule has 4 nitrogen and oxygen atoms in total. The van der Waals surface area contributed by atoms with Crippen molar-refractivity contribution >= 4 is 34.5 Å². The summed E-state index contributed by atoms with van der Waals surface area (Å²) in [6.07, 6.45) is -4.40. The number of hydrogen-bond donors (Lipinski definition) is 1. The number of carbonyl (C=O) groups is 2. The largest absolute Gasteiger partial charge is 0.467 e. The smallest absolute Gasteiger partial charge is 0.416 e. The zero-order valence-electron chi connectivity index (χ0n) is 13.6. The molecular weight excluding hydrogens is 462 g/mol. The van der Waals surface area contributed by atoms with E-state index in [1.807, 2.05) is 12.1 Å². The van der Waals surface area contributed by atoms with Gasteiger partial charge in [-0.2, -0.15) is 13.2 Å². The Morgan fingerprint density at radius 2 is 1.81 bits per heavy atom. The number of methoxy groups -OCH3 is 1. The van der Waals surface area contributed by atoms with Gasteiger partial charge in [-0.1, -0.05) is 18.2 Å². The third-order valence-electron chi connectivity index (χ3n) is 3.60. The fraction of sp³-hybridized carbons (Fsp3) is 0.222. The molecular formula is C18H15F3INO3. The van der Waals surface area contributed by atoms with Gasteiger partial charge in [0.05, 0.1) is 12.7 Å². The number of carbonyl (C=O) groups excluding carboxylic acids is 2. The second-order valence-electron chi connectivity index (χ2n) is 5.46. The molecule has 1 amide bonds. The van der Waals surface area contributed by atoms with Crippen LogP contribution in [0.25, 0.3) is 0 Å². The van der Waals surface area contributed by atoms with E-state index >= 15 is 0 Å². The first-order valence-electron chi connectivity index (χ1n) is 7.51. The molecule has 0 saturated heterocycles. The SMILES string of the molecule is COC(=O)[C@@H](Cc1ccc(I)cc1)NC(=O)c1cccc(C(F)(F)F)c1. The van der Waals surface area contributed by atoms with Gasteiger partial charge in [0.15, 0.2) is 0 Å². The zero-order valence-corrected chi connectivity index (χ0v) is 15.8. The average Bonchev–Trinajstić information content (AvgIpc) is 2.61. The van der Waals surface area contributed by atoms with E-state index in [0.29, 0.717) is 0 Å². The molecule has 0 heterocycles. The third kappa shape index (κ3) is 5.45. The normalized spacial score (nSPS) is 12.3. The van der Waals surface area contributed by atoms with Crippen LogP contribution in [0, 0.1) is 3.57 Å². The van der Waals surface area contributed by atoms with Crippen LogP contribution in [-0.2, 0) is 22.1 Å². The fourth-order valence-electron chi connectivity index (χ4n) is 2.27. The number of nitrogens with one attached hydrogen (secondary N) is 1. The Hall–Kier alpha value is -2.10. The molecule has 2 aromatic rings. The van der Waals surface area contributed by atoms with Crippen LogP contribution in [-0.4, -0.2) is 25.0 Å². The van der Waals surface area contributed by atoms with Crippen LogP contribution in [0.1, 0.15) is 21.5 Å². The lowest BCUT2D eigenvalue weighted by molar-refractivity contribution is -0.143. The van der Waals surface area contributed by atoms with Gasteiger partial charge in [-0.15, -0.1) is 0 Å². The molecule has 0 aliphatic carbocycles. The molecule has 0 spiro atoms. The number of alkyl halides is 3. The molecule has 0 bridgehead atoms. The molecule has 0 aromatic heterocycles. The quantitative estimate of drug-likeness (QED) is 0.527. The van der Waals surface area contributed by atoms with Gasteiger partial charge in [0, 0.05) is 15.6 Å². The maximum atomic E-state index is 12.8. The van der Waals surface area contributed by atoms with Gasteiger partial charge in [0.1, 0.15) is 6.04 Å². The second-order valence-corrected chi connectivity index (χ2v) is 6.70. The minimum absolute atomic E-state index is 0.161. The van der Waals surface area contributed by atoms with Crippen molar-refractivity contribution in [3.63, 3.8) is 0 Å². The Bertz CT molecular complexity index is 791. The highest BCUT2D eigenvalue weighted by Crippen LogP contribution is 2.29. The van der Waals surface area contributed by atoms with Crippen molar-refractivity contribution in [1.29, 1.82) is 0 Å². The van der Waals surface area contributed by atoms with Gasteiger partial charge in [-0.3, -0.25) is 4.79 Å². The van der Waals surface area contributed by atoms with Crippen molar-refractivity contribution in [2.75, 3.05) is 7.11 Å². The average molecular weight is 477 g/mol. The van der Waals surface area contributed by atoms with Gasteiger partial charge >= 0.3 is 12.1 Å². The van der Waals surface area contributed by atoms with E-state index in [0.717, 1.165) is 27.3 Å². The Kier molecular flexibility index (Phi) is 6.63. The minimum atomic E-state index is -4.56.